The molecule has 98 valence electrons. The molecule has 0 atom stereocenters. The van der Waals surface area contributed by atoms with Gasteiger partial charge in [-0.1, -0.05) is 12.1 Å². The van der Waals surface area contributed by atoms with Crippen molar-refractivity contribution in [2.24, 2.45) is 0 Å². The average molecular weight is 256 g/mol. The van der Waals surface area contributed by atoms with Crippen molar-refractivity contribution in [1.29, 1.82) is 0 Å². The Bertz CT molecular complexity index is 659. The van der Waals surface area contributed by atoms with Crippen molar-refractivity contribution in [1.82, 2.24) is 9.88 Å². The van der Waals surface area contributed by atoms with Gasteiger partial charge in [0, 0.05) is 24.9 Å². The van der Waals surface area contributed by atoms with Gasteiger partial charge in [-0.15, -0.1) is 0 Å². The molecule has 0 saturated heterocycles. The van der Waals surface area contributed by atoms with Crippen molar-refractivity contribution in [3.8, 4) is 0 Å². The maximum Gasteiger partial charge on any atom is 0.251 e. The summed E-state index contributed by atoms with van der Waals surface area (Å²) in [6.45, 7) is 2.35. The van der Waals surface area contributed by atoms with Gasteiger partial charge in [0.25, 0.3) is 11.5 Å². The van der Waals surface area contributed by atoms with Crippen LogP contribution in [0.5, 0.6) is 0 Å². The number of nitrogens with one attached hydrogen (secondary N) is 1. The van der Waals surface area contributed by atoms with Gasteiger partial charge in [-0.05, 0) is 36.2 Å². The Morgan fingerprint density at radius 3 is 2.74 bits per heavy atom. The molecule has 0 unspecified atom stereocenters. The Hall–Kier alpha value is -2.36. The van der Waals surface area contributed by atoms with Gasteiger partial charge in [0.05, 0.1) is 6.54 Å². The van der Waals surface area contributed by atoms with Crippen LogP contribution in [-0.2, 0) is 6.54 Å². The van der Waals surface area contributed by atoms with Gasteiger partial charge >= 0.3 is 0 Å². The lowest BCUT2D eigenvalue weighted by Crippen LogP contribution is -2.20. The van der Waals surface area contributed by atoms with E-state index in [0.717, 1.165) is 11.1 Å². The first kappa shape index (κ1) is 13.1. The van der Waals surface area contributed by atoms with Crippen LogP contribution in [0.15, 0.2) is 47.4 Å². The molecule has 0 fully saturated rings. The summed E-state index contributed by atoms with van der Waals surface area (Å²) in [5.41, 5.74) is 2.43. The summed E-state index contributed by atoms with van der Waals surface area (Å²) in [5, 5.41) is 2.58. The van der Waals surface area contributed by atoms with E-state index in [1.165, 1.54) is 0 Å². The van der Waals surface area contributed by atoms with E-state index in [1.54, 1.807) is 36.0 Å². The van der Waals surface area contributed by atoms with Crippen molar-refractivity contribution in [3.63, 3.8) is 0 Å². The van der Waals surface area contributed by atoms with Gasteiger partial charge in [-0.2, -0.15) is 0 Å². The molecule has 0 aliphatic rings. The molecule has 1 aromatic heterocycles. The number of aromatic nitrogens is 1. The summed E-state index contributed by atoms with van der Waals surface area (Å²) in [4.78, 5) is 23.4. The normalized spacial score (nSPS) is 10.2. The number of nitrogens with zero attached hydrogens (tertiary/aromatic N) is 1. The number of pyridine rings is 1. The van der Waals surface area contributed by atoms with E-state index < -0.39 is 0 Å². The molecular formula is C15H16N2O2. The Labute approximate surface area is 111 Å². The third kappa shape index (κ3) is 3.10. The van der Waals surface area contributed by atoms with Gasteiger partial charge in [-0.25, -0.2) is 0 Å². The van der Waals surface area contributed by atoms with E-state index in [2.05, 4.69) is 5.32 Å². The third-order valence-corrected chi connectivity index (χ3v) is 2.92. The summed E-state index contributed by atoms with van der Waals surface area (Å²) in [5.74, 6) is -0.127. The largest absolute Gasteiger partial charge is 0.355 e. The Morgan fingerprint density at radius 1 is 1.26 bits per heavy atom. The van der Waals surface area contributed by atoms with Crippen molar-refractivity contribution >= 4 is 5.91 Å². The molecule has 0 saturated carbocycles. The number of rotatable bonds is 3. The lowest BCUT2D eigenvalue weighted by molar-refractivity contribution is 0.0963. The smallest absolute Gasteiger partial charge is 0.251 e. The van der Waals surface area contributed by atoms with E-state index in [0.29, 0.717) is 12.1 Å². The first-order valence-electron chi connectivity index (χ1n) is 6.08. The topological polar surface area (TPSA) is 51.1 Å². The minimum Gasteiger partial charge on any atom is -0.355 e. The zero-order valence-corrected chi connectivity index (χ0v) is 11.0. The number of hydrogen-bond donors (Lipinski definition) is 1. The Balaban J connectivity index is 2.28. The standard InChI is InChI=1S/C15H16N2O2/c1-11-6-7-17(14(18)8-11)10-12-4-3-5-13(9-12)15(19)16-2/h3-9H,10H2,1-2H3,(H,16,19). The van der Waals surface area contributed by atoms with Crippen molar-refractivity contribution in [2.75, 3.05) is 7.05 Å². The molecule has 2 aromatic rings. The second kappa shape index (κ2) is 5.52. The lowest BCUT2D eigenvalue weighted by Gasteiger charge is -2.07. The molecule has 2 rings (SSSR count). The van der Waals surface area contributed by atoms with E-state index >= 15 is 0 Å². The van der Waals surface area contributed by atoms with Gasteiger partial charge in [0.1, 0.15) is 0 Å². The third-order valence-electron chi connectivity index (χ3n) is 2.92. The molecule has 1 heterocycles. The van der Waals surface area contributed by atoms with Crippen LogP contribution in [-0.4, -0.2) is 17.5 Å². The number of amides is 1. The van der Waals surface area contributed by atoms with E-state index in [-0.39, 0.29) is 11.5 Å². The number of hydrogen-bond acceptors (Lipinski definition) is 2. The first-order valence-corrected chi connectivity index (χ1v) is 6.08. The zero-order chi connectivity index (χ0) is 13.8. The highest BCUT2D eigenvalue weighted by Gasteiger charge is 2.04. The highest BCUT2D eigenvalue weighted by atomic mass is 16.1. The molecule has 4 nitrogen and oxygen atoms in total. The fourth-order valence-corrected chi connectivity index (χ4v) is 1.89. The maximum atomic E-state index is 11.8. The summed E-state index contributed by atoms with van der Waals surface area (Å²) >= 11 is 0. The quantitative estimate of drug-likeness (QED) is 0.906. The molecule has 1 aromatic carbocycles. The number of aryl methyl sites for hydroxylation is 1. The van der Waals surface area contributed by atoms with Crippen LogP contribution >= 0.6 is 0 Å². The van der Waals surface area contributed by atoms with Gasteiger partial charge in [0.2, 0.25) is 0 Å². The van der Waals surface area contributed by atoms with Crippen molar-refractivity contribution in [3.05, 3.63) is 69.6 Å². The number of benzene rings is 1. The fraction of sp³-hybridized carbons (Fsp3) is 0.200. The highest BCUT2D eigenvalue weighted by Crippen LogP contribution is 2.06. The number of carbonyl (C=O) groups is 1. The second-order valence-electron chi connectivity index (χ2n) is 4.45. The van der Waals surface area contributed by atoms with Crippen molar-refractivity contribution < 1.29 is 4.79 Å². The Morgan fingerprint density at radius 2 is 2.05 bits per heavy atom. The second-order valence-corrected chi connectivity index (χ2v) is 4.45. The summed E-state index contributed by atoms with van der Waals surface area (Å²) in [6, 6.07) is 10.8. The van der Waals surface area contributed by atoms with Gasteiger partial charge in [0.15, 0.2) is 0 Å². The zero-order valence-electron chi connectivity index (χ0n) is 11.0. The Kier molecular flexibility index (Phi) is 3.80. The molecule has 19 heavy (non-hydrogen) atoms. The van der Waals surface area contributed by atoms with Gasteiger partial charge in [-0.3, -0.25) is 9.59 Å². The SMILES string of the molecule is CNC(=O)c1cccc(Cn2ccc(C)cc2=O)c1. The molecular weight excluding hydrogens is 240 g/mol. The molecule has 1 amide bonds. The minimum absolute atomic E-state index is 0.0367. The van der Waals surface area contributed by atoms with Crippen LogP contribution in [0.3, 0.4) is 0 Å². The monoisotopic (exact) mass is 256 g/mol. The number of carbonyl (C=O) groups excluding carboxylic acids is 1. The van der Waals surface area contributed by atoms with Crippen LogP contribution in [0.4, 0.5) is 0 Å². The fourth-order valence-electron chi connectivity index (χ4n) is 1.89. The van der Waals surface area contributed by atoms with Crippen LogP contribution in [0, 0.1) is 6.92 Å². The molecule has 0 radical (unpaired) electrons. The van der Waals surface area contributed by atoms with Crippen LogP contribution in [0.1, 0.15) is 21.5 Å². The van der Waals surface area contributed by atoms with Crippen LogP contribution < -0.4 is 10.9 Å². The molecule has 0 aliphatic carbocycles. The minimum atomic E-state index is -0.127. The predicted octanol–water partition coefficient (Wildman–Crippen LogP) is 1.56. The summed E-state index contributed by atoms with van der Waals surface area (Å²) < 4.78 is 1.62. The lowest BCUT2D eigenvalue weighted by atomic mass is 10.1. The molecule has 0 spiro atoms. The van der Waals surface area contributed by atoms with Crippen molar-refractivity contribution in [2.45, 2.75) is 13.5 Å². The molecule has 1 N–H and O–H groups in total. The van der Waals surface area contributed by atoms with E-state index in [9.17, 15) is 9.59 Å². The first-order chi connectivity index (χ1) is 9.10. The molecule has 0 bridgehead atoms. The predicted molar refractivity (Wildman–Crippen MR) is 74.4 cm³/mol. The highest BCUT2D eigenvalue weighted by molar-refractivity contribution is 5.94. The molecule has 4 heteroatoms. The summed E-state index contributed by atoms with van der Waals surface area (Å²) in [7, 11) is 1.60. The summed E-state index contributed by atoms with van der Waals surface area (Å²) in [6.07, 6.45) is 1.77. The van der Waals surface area contributed by atoms with E-state index in [1.807, 2.05) is 25.1 Å². The van der Waals surface area contributed by atoms with Gasteiger partial charge < -0.3 is 9.88 Å². The van der Waals surface area contributed by atoms with Crippen LogP contribution in [0.2, 0.25) is 0 Å². The van der Waals surface area contributed by atoms with E-state index in [4.69, 9.17) is 0 Å². The molecule has 0 aliphatic heterocycles. The average Bonchev–Trinajstić information content (AvgIpc) is 2.41. The maximum absolute atomic E-state index is 11.8. The van der Waals surface area contributed by atoms with Crippen LogP contribution in [0.25, 0.3) is 0 Å².